The molecule has 0 saturated carbocycles. The lowest BCUT2D eigenvalue weighted by Gasteiger charge is -2.31. The molecule has 2 atom stereocenters. The lowest BCUT2D eigenvalue weighted by Crippen LogP contribution is -2.23. The molecule has 3 aromatic carbocycles. The number of hydrogen-bond donors (Lipinski definition) is 4. The molecule has 2 unspecified atom stereocenters. The van der Waals surface area contributed by atoms with Gasteiger partial charge in [0.15, 0.2) is 0 Å². The third kappa shape index (κ3) is 6.00. The Morgan fingerprint density at radius 3 is 2.59 bits per heavy atom. The second kappa shape index (κ2) is 13.9. The number of benzene rings is 3. The van der Waals surface area contributed by atoms with Crippen LogP contribution in [0.15, 0.2) is 67.0 Å². The maximum atomic E-state index is 16.3. The average Bonchev–Trinajstić information content (AvgIpc) is 3.97. The van der Waals surface area contributed by atoms with Crippen molar-refractivity contribution in [3.63, 3.8) is 0 Å². The van der Waals surface area contributed by atoms with Crippen LogP contribution >= 0.6 is 0 Å². The second-order valence-corrected chi connectivity index (χ2v) is 12.3. The van der Waals surface area contributed by atoms with Crippen LogP contribution in [-0.4, -0.2) is 44.7 Å². The van der Waals surface area contributed by atoms with Gasteiger partial charge in [0.1, 0.15) is 29.0 Å². The number of nitrogens with zero attached hydrogens (tertiary/aromatic N) is 3. The van der Waals surface area contributed by atoms with Crippen molar-refractivity contribution in [3.8, 4) is 45.3 Å². The highest BCUT2D eigenvalue weighted by atomic mass is 19.1. The van der Waals surface area contributed by atoms with Crippen molar-refractivity contribution in [1.82, 2.24) is 35.1 Å². The van der Waals surface area contributed by atoms with Crippen LogP contribution in [-0.2, 0) is 13.0 Å². The minimum absolute atomic E-state index is 0.258. The highest BCUT2D eigenvalue weighted by Crippen LogP contribution is 2.47. The molecule has 9 nitrogen and oxygen atoms in total. The third-order valence-electron chi connectivity index (χ3n) is 9.38. The highest BCUT2D eigenvalue weighted by molar-refractivity contribution is 5.92. The Labute approximate surface area is 286 Å². The van der Waals surface area contributed by atoms with Gasteiger partial charge in [-0.05, 0) is 74.3 Å². The van der Waals surface area contributed by atoms with E-state index in [0.717, 1.165) is 94.4 Å². The number of H-pyrrole nitrogens is 2. The molecular weight excluding hydrogens is 617 g/mol. The van der Waals surface area contributed by atoms with Crippen LogP contribution in [0.4, 0.5) is 4.39 Å². The van der Waals surface area contributed by atoms with Crippen molar-refractivity contribution in [2.75, 3.05) is 20.2 Å². The topological polar surface area (TPSA) is 105 Å². The number of fused-ring (bicyclic) bond motifs is 5. The normalized spacial score (nSPS) is 16.5. The molecule has 3 aromatic heterocycles. The first-order valence-electron chi connectivity index (χ1n) is 17.4. The van der Waals surface area contributed by atoms with E-state index in [0.29, 0.717) is 23.4 Å². The smallest absolute Gasteiger partial charge is 0.203 e. The van der Waals surface area contributed by atoms with E-state index in [2.05, 4.69) is 78.5 Å². The molecule has 2 aliphatic rings. The maximum absolute atomic E-state index is 16.3. The molecule has 0 radical (unpaired) electrons. The molecule has 0 spiro atoms. The summed E-state index contributed by atoms with van der Waals surface area (Å²) in [7, 11) is 1.69. The van der Waals surface area contributed by atoms with Crippen LogP contribution in [0.3, 0.4) is 0 Å². The number of hydrogen-bond acceptors (Lipinski definition) is 6. The molecule has 1 fully saturated rings. The number of imidazole rings is 2. The van der Waals surface area contributed by atoms with Gasteiger partial charge in [-0.15, -0.1) is 0 Å². The van der Waals surface area contributed by atoms with Gasteiger partial charge in [0.05, 0.1) is 60.3 Å². The van der Waals surface area contributed by atoms with E-state index in [1.165, 1.54) is 0 Å². The van der Waals surface area contributed by atoms with Crippen molar-refractivity contribution in [2.24, 2.45) is 0 Å². The number of ether oxygens (including phenoxy) is 2. The highest BCUT2D eigenvalue weighted by Gasteiger charge is 2.32. The van der Waals surface area contributed by atoms with Gasteiger partial charge < -0.3 is 34.6 Å². The van der Waals surface area contributed by atoms with E-state index in [1.807, 2.05) is 39.1 Å². The minimum atomic E-state index is -0.548. The summed E-state index contributed by atoms with van der Waals surface area (Å²) in [5.74, 6) is 2.68. The summed E-state index contributed by atoms with van der Waals surface area (Å²) >= 11 is 0. The quantitative estimate of drug-likeness (QED) is 0.124. The fourth-order valence-corrected chi connectivity index (χ4v) is 6.95. The van der Waals surface area contributed by atoms with Gasteiger partial charge in [0, 0.05) is 22.1 Å². The molecule has 49 heavy (non-hydrogen) atoms. The molecule has 4 N–H and O–H groups in total. The lowest BCUT2D eigenvalue weighted by molar-refractivity contribution is 0.172. The fourth-order valence-electron chi connectivity index (χ4n) is 6.95. The van der Waals surface area contributed by atoms with Crippen molar-refractivity contribution in [3.05, 3.63) is 95.6 Å². The van der Waals surface area contributed by atoms with E-state index in [9.17, 15) is 0 Å². The number of methoxy groups -OCH3 is 1. The molecular formula is C39H44FN7O2. The van der Waals surface area contributed by atoms with Gasteiger partial charge in [-0.2, -0.15) is 0 Å². The molecule has 8 rings (SSSR count). The summed E-state index contributed by atoms with van der Waals surface area (Å²) in [6.45, 7) is 10.6. The predicted molar refractivity (Wildman–Crippen MR) is 192 cm³/mol. The molecule has 0 bridgehead atoms. The van der Waals surface area contributed by atoms with Crippen LogP contribution in [0.2, 0.25) is 0 Å². The van der Waals surface area contributed by atoms with Crippen molar-refractivity contribution in [1.29, 1.82) is 0 Å². The third-order valence-corrected chi connectivity index (χ3v) is 9.38. The number of aromatic nitrogens is 5. The standard InChI is InChI=1S/C37H38FN7O2.C2H6/c1-4-21-8-9-23(16-32(21)46-3)37-45-30-11-10-22(28-19-42-36(44-28)27-7-6-12-40-27)13-25(30)15-31(45)35-26(38)14-24(17-33(35)47-37)29-18-41-34(43-29)20-39-5-2;1-2/h8-11,13-19,27,37,39-40H,4-7,12,20H2,1-3H3,(H,41,43)(H,42,44);1-2H3. The average molecular weight is 662 g/mol. The van der Waals surface area contributed by atoms with E-state index >= 15 is 4.39 Å². The predicted octanol–water partition coefficient (Wildman–Crippen LogP) is 8.30. The molecule has 0 amide bonds. The summed E-state index contributed by atoms with van der Waals surface area (Å²) in [5, 5.41) is 7.76. The Bertz CT molecular complexity index is 2090. The molecule has 1 saturated heterocycles. The van der Waals surface area contributed by atoms with Gasteiger partial charge in [-0.25, -0.2) is 14.4 Å². The summed E-state index contributed by atoms with van der Waals surface area (Å²) < 4.78 is 30.9. The van der Waals surface area contributed by atoms with Crippen LogP contribution < -0.4 is 20.1 Å². The number of halogens is 1. The van der Waals surface area contributed by atoms with Crippen molar-refractivity contribution < 1.29 is 13.9 Å². The Kier molecular flexibility index (Phi) is 9.25. The van der Waals surface area contributed by atoms with E-state index in [-0.39, 0.29) is 11.9 Å². The van der Waals surface area contributed by atoms with E-state index in [4.69, 9.17) is 9.47 Å². The van der Waals surface area contributed by atoms with Gasteiger partial charge >= 0.3 is 0 Å². The second-order valence-electron chi connectivity index (χ2n) is 12.3. The first-order valence-corrected chi connectivity index (χ1v) is 17.4. The Morgan fingerprint density at radius 1 is 0.980 bits per heavy atom. The zero-order valence-corrected chi connectivity index (χ0v) is 28.8. The summed E-state index contributed by atoms with van der Waals surface area (Å²) in [5.41, 5.74) is 7.54. The largest absolute Gasteiger partial charge is 0.496 e. The Balaban J connectivity index is 0.00000186. The van der Waals surface area contributed by atoms with Gasteiger partial charge in [0.2, 0.25) is 6.23 Å². The van der Waals surface area contributed by atoms with Crippen molar-refractivity contribution in [2.45, 2.75) is 65.8 Å². The van der Waals surface area contributed by atoms with Crippen LogP contribution in [0, 0.1) is 5.82 Å². The Hall–Kier alpha value is -4.93. The van der Waals surface area contributed by atoms with Gasteiger partial charge in [0.25, 0.3) is 0 Å². The summed E-state index contributed by atoms with van der Waals surface area (Å²) in [4.78, 5) is 16.0. The molecule has 0 aliphatic carbocycles. The first kappa shape index (κ1) is 32.6. The number of aromatic amines is 2. The summed E-state index contributed by atoms with van der Waals surface area (Å²) in [6, 6.07) is 18.3. The van der Waals surface area contributed by atoms with Gasteiger partial charge in [-0.1, -0.05) is 45.9 Å². The monoisotopic (exact) mass is 661 g/mol. The van der Waals surface area contributed by atoms with Crippen LogP contribution in [0.1, 0.15) is 75.6 Å². The number of rotatable bonds is 9. The molecule has 2 aliphatic heterocycles. The SMILES string of the molecule is CC.CCNCc1ncc(-c2cc(F)c3c(c2)OC(c2ccc(CC)c(OC)c2)n2c-3cc3cc(-c4cnc(C5CCCN5)[nH]4)ccc32)[nH]1. The van der Waals surface area contributed by atoms with E-state index < -0.39 is 6.23 Å². The number of aryl methyl sites for hydroxylation is 1. The fraction of sp³-hybridized carbons (Fsp3) is 0.333. The molecule has 5 heterocycles. The molecule has 10 heteroatoms. The number of nitrogens with one attached hydrogen (secondary N) is 4. The maximum Gasteiger partial charge on any atom is 0.203 e. The molecule has 254 valence electrons. The van der Waals surface area contributed by atoms with Crippen LogP contribution in [0.5, 0.6) is 11.5 Å². The van der Waals surface area contributed by atoms with Gasteiger partial charge in [-0.3, -0.25) is 0 Å². The van der Waals surface area contributed by atoms with Crippen LogP contribution in [0.25, 0.3) is 44.7 Å². The first-order chi connectivity index (χ1) is 24.0. The zero-order valence-electron chi connectivity index (χ0n) is 28.8. The minimum Gasteiger partial charge on any atom is -0.496 e. The molecule has 6 aromatic rings. The lowest BCUT2D eigenvalue weighted by atomic mass is 10.0. The van der Waals surface area contributed by atoms with E-state index in [1.54, 1.807) is 19.4 Å². The summed E-state index contributed by atoms with van der Waals surface area (Å²) in [6.07, 6.45) is 6.17. The van der Waals surface area contributed by atoms with Crippen molar-refractivity contribution >= 4 is 10.9 Å². The zero-order chi connectivity index (χ0) is 34.1. The Morgan fingerprint density at radius 2 is 1.82 bits per heavy atom.